The van der Waals surface area contributed by atoms with Gasteiger partial charge in [-0.3, -0.25) is 4.98 Å². The van der Waals surface area contributed by atoms with Crippen LogP contribution in [0.3, 0.4) is 0 Å². The highest BCUT2D eigenvalue weighted by Gasteiger charge is 2.39. The summed E-state index contributed by atoms with van der Waals surface area (Å²) in [4.78, 5) is 20.3. The maximum atomic E-state index is 11.7. The summed E-state index contributed by atoms with van der Waals surface area (Å²) in [5.41, 5.74) is 0.822. The van der Waals surface area contributed by atoms with Crippen molar-refractivity contribution in [3.05, 3.63) is 17.6 Å². The fourth-order valence-corrected chi connectivity index (χ4v) is 2.57. The van der Waals surface area contributed by atoms with E-state index in [0.717, 1.165) is 37.1 Å². The van der Waals surface area contributed by atoms with Crippen molar-refractivity contribution in [1.82, 2.24) is 9.97 Å². The van der Waals surface area contributed by atoms with Gasteiger partial charge in [0.25, 0.3) is 0 Å². The van der Waals surface area contributed by atoms with Crippen LogP contribution in [-0.4, -0.2) is 26.6 Å². The first-order chi connectivity index (χ1) is 9.03. The van der Waals surface area contributed by atoms with E-state index in [1.807, 2.05) is 13.8 Å². The van der Waals surface area contributed by atoms with E-state index in [9.17, 15) is 9.90 Å². The molecule has 1 aromatic rings. The zero-order valence-corrected chi connectivity index (χ0v) is 11.6. The van der Waals surface area contributed by atoms with Crippen molar-refractivity contribution in [2.24, 2.45) is 0 Å². The van der Waals surface area contributed by atoms with Gasteiger partial charge in [0.05, 0.1) is 17.6 Å². The van der Waals surface area contributed by atoms with Crippen LogP contribution < -0.4 is 5.32 Å². The minimum absolute atomic E-state index is 0.562. The van der Waals surface area contributed by atoms with Crippen LogP contribution >= 0.6 is 0 Å². The van der Waals surface area contributed by atoms with Crippen molar-refractivity contribution in [1.29, 1.82) is 0 Å². The van der Waals surface area contributed by atoms with E-state index in [2.05, 4.69) is 15.3 Å². The third-order valence-corrected chi connectivity index (χ3v) is 3.93. The number of carbonyl (C=O) groups is 1. The molecule has 0 saturated heterocycles. The molecule has 19 heavy (non-hydrogen) atoms. The number of aromatic nitrogens is 2. The molecule has 0 aromatic carbocycles. The predicted octanol–water partition coefficient (Wildman–Crippen LogP) is 2.68. The Kier molecular flexibility index (Phi) is 4.02. The molecule has 0 atom stereocenters. The molecule has 1 aliphatic carbocycles. The normalized spacial score (nSPS) is 18.6. The summed E-state index contributed by atoms with van der Waals surface area (Å²) in [6.45, 7) is 3.78. The third-order valence-electron chi connectivity index (χ3n) is 3.93. The summed E-state index contributed by atoms with van der Waals surface area (Å²) in [6.07, 6.45) is 7.02. The molecule has 5 heteroatoms. The second-order valence-corrected chi connectivity index (χ2v) is 5.35. The van der Waals surface area contributed by atoms with Gasteiger partial charge in [-0.1, -0.05) is 25.7 Å². The molecular formula is C14H21N3O2. The fourth-order valence-electron chi connectivity index (χ4n) is 2.57. The van der Waals surface area contributed by atoms with Crippen LogP contribution in [-0.2, 0) is 4.79 Å². The molecule has 2 rings (SSSR count). The van der Waals surface area contributed by atoms with Gasteiger partial charge in [-0.15, -0.1) is 0 Å². The Bertz CT molecular complexity index is 466. The smallest absolute Gasteiger partial charge is 0.329 e. The van der Waals surface area contributed by atoms with Crippen LogP contribution in [0.2, 0.25) is 0 Å². The molecule has 0 spiro atoms. The van der Waals surface area contributed by atoms with E-state index < -0.39 is 11.5 Å². The van der Waals surface area contributed by atoms with Crippen molar-refractivity contribution in [3.8, 4) is 0 Å². The largest absolute Gasteiger partial charge is 0.480 e. The lowest BCUT2D eigenvalue weighted by Crippen LogP contribution is -2.46. The Labute approximate surface area is 113 Å². The molecule has 1 aromatic heterocycles. The minimum atomic E-state index is -0.882. The summed E-state index contributed by atoms with van der Waals surface area (Å²) in [6, 6.07) is 0. The number of carboxylic acid groups (broad SMARTS) is 1. The van der Waals surface area contributed by atoms with Crippen LogP contribution in [0, 0.1) is 13.8 Å². The first-order valence-electron chi connectivity index (χ1n) is 6.85. The molecule has 0 radical (unpaired) electrons. The fraction of sp³-hybridized carbons (Fsp3) is 0.643. The number of hydrogen-bond donors (Lipinski definition) is 2. The predicted molar refractivity (Wildman–Crippen MR) is 73.2 cm³/mol. The number of carboxylic acids is 1. The quantitative estimate of drug-likeness (QED) is 0.820. The van der Waals surface area contributed by atoms with Gasteiger partial charge < -0.3 is 10.4 Å². The van der Waals surface area contributed by atoms with Crippen molar-refractivity contribution in [3.63, 3.8) is 0 Å². The van der Waals surface area contributed by atoms with Crippen molar-refractivity contribution >= 4 is 11.8 Å². The Morgan fingerprint density at radius 3 is 2.37 bits per heavy atom. The molecule has 1 heterocycles. The Morgan fingerprint density at radius 2 is 1.84 bits per heavy atom. The molecule has 0 bridgehead atoms. The second kappa shape index (κ2) is 5.55. The summed E-state index contributed by atoms with van der Waals surface area (Å²) in [5, 5.41) is 12.7. The van der Waals surface area contributed by atoms with Crippen molar-refractivity contribution < 1.29 is 9.90 Å². The number of anilines is 1. The van der Waals surface area contributed by atoms with Gasteiger partial charge in [0.1, 0.15) is 11.4 Å². The number of aryl methyl sites for hydroxylation is 2. The molecule has 0 amide bonds. The standard InChI is InChI=1S/C14H21N3O2/c1-10-11(2)16-12(9-15-10)17-14(13(18)19)7-5-3-4-6-8-14/h9H,3-8H2,1-2H3,(H,16,17)(H,18,19). The zero-order valence-electron chi connectivity index (χ0n) is 11.6. The van der Waals surface area contributed by atoms with Crippen LogP contribution in [0.4, 0.5) is 5.82 Å². The summed E-state index contributed by atoms with van der Waals surface area (Å²) in [5.74, 6) is -0.221. The lowest BCUT2D eigenvalue weighted by atomic mass is 9.90. The second-order valence-electron chi connectivity index (χ2n) is 5.35. The molecule has 104 valence electrons. The highest BCUT2D eigenvalue weighted by Crippen LogP contribution is 2.30. The van der Waals surface area contributed by atoms with Gasteiger partial charge in [0.15, 0.2) is 0 Å². The van der Waals surface area contributed by atoms with E-state index in [0.29, 0.717) is 18.7 Å². The molecule has 1 saturated carbocycles. The van der Waals surface area contributed by atoms with E-state index in [-0.39, 0.29) is 0 Å². The van der Waals surface area contributed by atoms with Crippen molar-refractivity contribution in [2.75, 3.05) is 5.32 Å². The number of hydrogen-bond acceptors (Lipinski definition) is 4. The lowest BCUT2D eigenvalue weighted by molar-refractivity contribution is -0.142. The van der Waals surface area contributed by atoms with Crippen LogP contribution in [0.25, 0.3) is 0 Å². The van der Waals surface area contributed by atoms with E-state index in [4.69, 9.17) is 0 Å². The number of rotatable bonds is 3. The average Bonchev–Trinajstić information content (AvgIpc) is 2.60. The molecule has 1 aliphatic rings. The van der Waals surface area contributed by atoms with Gasteiger partial charge >= 0.3 is 5.97 Å². The first-order valence-corrected chi connectivity index (χ1v) is 6.85. The third kappa shape index (κ3) is 3.03. The van der Waals surface area contributed by atoms with Crippen LogP contribution in [0.1, 0.15) is 49.9 Å². The monoisotopic (exact) mass is 263 g/mol. The Morgan fingerprint density at radius 1 is 1.21 bits per heavy atom. The van der Waals surface area contributed by atoms with Gasteiger partial charge in [0, 0.05) is 0 Å². The summed E-state index contributed by atoms with van der Waals surface area (Å²) >= 11 is 0. The van der Waals surface area contributed by atoms with Gasteiger partial charge in [-0.25, -0.2) is 9.78 Å². The first kappa shape index (κ1) is 13.8. The number of nitrogens with one attached hydrogen (secondary N) is 1. The van der Waals surface area contributed by atoms with Gasteiger partial charge in [-0.05, 0) is 26.7 Å². The summed E-state index contributed by atoms with van der Waals surface area (Å²) in [7, 11) is 0. The minimum Gasteiger partial charge on any atom is -0.480 e. The number of nitrogens with zero attached hydrogens (tertiary/aromatic N) is 2. The Hall–Kier alpha value is -1.65. The van der Waals surface area contributed by atoms with E-state index in [1.54, 1.807) is 6.20 Å². The summed E-state index contributed by atoms with van der Waals surface area (Å²) < 4.78 is 0. The average molecular weight is 263 g/mol. The SMILES string of the molecule is Cc1ncc(NC2(C(=O)O)CCCCCC2)nc1C. The van der Waals surface area contributed by atoms with Crippen LogP contribution in [0.5, 0.6) is 0 Å². The highest BCUT2D eigenvalue weighted by atomic mass is 16.4. The van der Waals surface area contributed by atoms with Crippen molar-refractivity contribution in [2.45, 2.75) is 57.9 Å². The van der Waals surface area contributed by atoms with Gasteiger partial charge in [-0.2, -0.15) is 0 Å². The molecule has 2 N–H and O–H groups in total. The molecule has 5 nitrogen and oxygen atoms in total. The molecule has 0 unspecified atom stereocenters. The topological polar surface area (TPSA) is 75.1 Å². The lowest BCUT2D eigenvalue weighted by Gasteiger charge is -2.29. The van der Waals surface area contributed by atoms with E-state index in [1.165, 1.54) is 0 Å². The molecular weight excluding hydrogens is 242 g/mol. The molecule has 1 fully saturated rings. The van der Waals surface area contributed by atoms with Gasteiger partial charge in [0.2, 0.25) is 0 Å². The Balaban J connectivity index is 2.24. The van der Waals surface area contributed by atoms with Crippen LogP contribution in [0.15, 0.2) is 6.20 Å². The molecule has 0 aliphatic heterocycles. The zero-order chi connectivity index (χ0) is 13.9. The van der Waals surface area contributed by atoms with E-state index >= 15 is 0 Å². The maximum Gasteiger partial charge on any atom is 0.329 e. The maximum absolute atomic E-state index is 11.7. The highest BCUT2D eigenvalue weighted by molar-refractivity contribution is 5.82. The number of aliphatic carboxylic acids is 1.